The average Bonchev–Trinajstić information content (AvgIpc) is 3.42. The molecule has 0 radical (unpaired) electrons. The summed E-state index contributed by atoms with van der Waals surface area (Å²) in [6.45, 7) is 2.48. The summed E-state index contributed by atoms with van der Waals surface area (Å²) in [5.41, 5.74) is 5.71. The van der Waals surface area contributed by atoms with Gasteiger partial charge in [-0.25, -0.2) is 13.9 Å². The highest BCUT2D eigenvalue weighted by atomic mass is 19.1. The number of aromatic nitrogens is 3. The van der Waals surface area contributed by atoms with Gasteiger partial charge >= 0.3 is 0 Å². The summed E-state index contributed by atoms with van der Waals surface area (Å²) in [7, 11) is 1.79. The van der Waals surface area contributed by atoms with E-state index in [-0.39, 0.29) is 5.82 Å². The van der Waals surface area contributed by atoms with E-state index in [0.717, 1.165) is 54.1 Å². The lowest BCUT2D eigenvalue weighted by atomic mass is 9.86. The largest absolute Gasteiger partial charge is 0.393 e. The van der Waals surface area contributed by atoms with Crippen LogP contribution in [-0.2, 0) is 6.54 Å². The van der Waals surface area contributed by atoms with E-state index >= 15 is 0 Å². The number of hydrogen-bond donors (Lipinski definition) is 2. The molecule has 6 heterocycles. The molecule has 198 valence electrons. The van der Waals surface area contributed by atoms with Crippen LogP contribution in [0.25, 0.3) is 22.2 Å². The summed E-state index contributed by atoms with van der Waals surface area (Å²) in [4.78, 5) is 9.58. The second kappa shape index (κ2) is 10.3. The van der Waals surface area contributed by atoms with Crippen molar-refractivity contribution in [1.29, 1.82) is 10.7 Å². The molecule has 1 aromatic carbocycles. The molecule has 2 bridgehead atoms. The first-order valence-corrected chi connectivity index (χ1v) is 13.0. The van der Waals surface area contributed by atoms with Gasteiger partial charge in [-0.2, -0.15) is 10.4 Å². The highest BCUT2D eigenvalue weighted by molar-refractivity contribution is 6.08. The number of nitrogens with zero attached hydrogens (tertiary/aromatic N) is 6. The molecule has 0 saturated carbocycles. The van der Waals surface area contributed by atoms with E-state index in [1.165, 1.54) is 12.3 Å². The summed E-state index contributed by atoms with van der Waals surface area (Å²) in [5, 5.41) is 24.9. The number of allylic oxidation sites excluding steroid dienone is 1. The molecule has 0 spiro atoms. The van der Waals surface area contributed by atoms with Gasteiger partial charge in [0.15, 0.2) is 0 Å². The Labute approximate surface area is 231 Å². The maximum atomic E-state index is 13.8. The zero-order valence-corrected chi connectivity index (χ0v) is 22.0. The summed E-state index contributed by atoms with van der Waals surface area (Å²) in [5.74, 6) is 2.98. The quantitative estimate of drug-likeness (QED) is 0.276. The molecule has 3 aliphatic rings. The number of piperazine rings is 1. The van der Waals surface area contributed by atoms with E-state index in [9.17, 15) is 9.65 Å². The van der Waals surface area contributed by atoms with E-state index in [1.807, 2.05) is 36.7 Å². The third-order valence-corrected chi connectivity index (χ3v) is 7.80. The molecule has 8 nitrogen and oxygen atoms in total. The molecule has 2 unspecified atom stereocenters. The Morgan fingerprint density at radius 2 is 2.02 bits per heavy atom. The number of benzene rings is 1. The smallest absolute Gasteiger partial charge is 0.138 e. The van der Waals surface area contributed by atoms with E-state index in [1.54, 1.807) is 30.0 Å². The third-order valence-electron chi connectivity index (χ3n) is 7.80. The van der Waals surface area contributed by atoms with Gasteiger partial charge in [0.25, 0.3) is 0 Å². The summed E-state index contributed by atoms with van der Waals surface area (Å²) in [6.07, 6.45) is 14.8. The minimum Gasteiger partial charge on any atom is -0.393 e. The number of rotatable bonds is 7. The molecule has 4 aromatic rings. The van der Waals surface area contributed by atoms with Gasteiger partial charge in [-0.1, -0.05) is 12.0 Å². The minimum atomic E-state index is -0.357. The van der Waals surface area contributed by atoms with Crippen LogP contribution >= 0.6 is 0 Å². The van der Waals surface area contributed by atoms with Crippen molar-refractivity contribution in [3.8, 4) is 29.5 Å². The standard InChI is InChI=1S/C31H27FN8/c1-3-21-8-20(4-6-29(21)32)16-39-26-10-27(39)19-38(18-26)30-7-5-22(14-36-30)28-9-23(24(11-33)13-35-2)17-40-31(28)25(12-34)15-37-40/h1,4-9,11,13-15,17,26-27,33,35H,10,16,18-19H2,2H3/b24-13+,33-11?. The van der Waals surface area contributed by atoms with Gasteiger partial charge in [0.1, 0.15) is 17.7 Å². The lowest BCUT2D eigenvalue weighted by Crippen LogP contribution is -2.68. The van der Waals surface area contributed by atoms with Crippen LogP contribution in [0.4, 0.5) is 10.2 Å². The monoisotopic (exact) mass is 530 g/mol. The molecule has 3 aliphatic heterocycles. The van der Waals surface area contributed by atoms with Crippen LogP contribution in [0, 0.1) is 34.9 Å². The van der Waals surface area contributed by atoms with Crippen molar-refractivity contribution in [3.05, 3.63) is 89.3 Å². The average molecular weight is 531 g/mol. The minimum absolute atomic E-state index is 0.307. The summed E-state index contributed by atoms with van der Waals surface area (Å²) >= 11 is 0. The third kappa shape index (κ3) is 4.37. The van der Waals surface area contributed by atoms with Crippen LogP contribution in [0.15, 0.2) is 61.2 Å². The van der Waals surface area contributed by atoms with Gasteiger partial charge in [0.05, 0.1) is 22.8 Å². The lowest BCUT2D eigenvalue weighted by Gasteiger charge is -2.56. The highest BCUT2D eigenvalue weighted by Gasteiger charge is 2.44. The molecular weight excluding hydrogens is 503 g/mol. The number of nitriles is 1. The SMILES string of the molecule is C#Cc1cc(CN2C3CC2CN(c2ccc(-c4cc(/C(C=N)=C/NC)cn5ncc(C#N)c45)cn2)C3)ccc1F. The molecule has 0 amide bonds. The molecule has 2 atom stereocenters. The van der Waals surface area contributed by atoms with Gasteiger partial charge < -0.3 is 15.6 Å². The van der Waals surface area contributed by atoms with Crippen LogP contribution in [0.5, 0.6) is 0 Å². The Bertz CT molecular complexity index is 1710. The van der Waals surface area contributed by atoms with Crippen molar-refractivity contribution < 1.29 is 4.39 Å². The van der Waals surface area contributed by atoms with Gasteiger partial charge in [0, 0.05) is 85.8 Å². The second-order valence-electron chi connectivity index (χ2n) is 10.1. The topological polar surface area (TPSA) is 96.3 Å². The van der Waals surface area contributed by atoms with Crippen molar-refractivity contribution in [2.45, 2.75) is 25.0 Å². The zero-order chi connectivity index (χ0) is 27.8. The van der Waals surface area contributed by atoms with E-state index in [2.05, 4.69) is 32.2 Å². The first kappa shape index (κ1) is 25.3. The van der Waals surface area contributed by atoms with Gasteiger partial charge in [-0.05, 0) is 42.3 Å². The van der Waals surface area contributed by atoms with E-state index in [0.29, 0.717) is 34.3 Å². The highest BCUT2D eigenvalue weighted by Crippen LogP contribution is 2.36. The molecule has 9 heteroatoms. The molecule has 2 N–H and O–H groups in total. The number of terminal acetylenes is 1. The number of fused-ring (bicyclic) bond motifs is 3. The van der Waals surface area contributed by atoms with Crippen molar-refractivity contribution in [3.63, 3.8) is 0 Å². The van der Waals surface area contributed by atoms with Gasteiger partial charge in [0.2, 0.25) is 0 Å². The van der Waals surface area contributed by atoms with Crippen LogP contribution in [0.1, 0.15) is 28.7 Å². The molecule has 3 saturated heterocycles. The van der Waals surface area contributed by atoms with Gasteiger partial charge in [-0.3, -0.25) is 4.90 Å². The van der Waals surface area contributed by atoms with Crippen LogP contribution < -0.4 is 10.2 Å². The van der Waals surface area contributed by atoms with Crippen LogP contribution in [0.2, 0.25) is 0 Å². The Morgan fingerprint density at radius 1 is 1.20 bits per heavy atom. The second-order valence-corrected chi connectivity index (χ2v) is 10.1. The number of piperidine rings is 1. The van der Waals surface area contributed by atoms with Crippen molar-refractivity contribution in [1.82, 2.24) is 24.8 Å². The molecule has 40 heavy (non-hydrogen) atoms. The Kier molecular flexibility index (Phi) is 6.51. The van der Waals surface area contributed by atoms with Crippen molar-refractivity contribution >= 4 is 23.1 Å². The maximum Gasteiger partial charge on any atom is 0.138 e. The first-order valence-electron chi connectivity index (χ1n) is 13.0. The molecule has 7 rings (SSSR count). The Morgan fingerprint density at radius 3 is 2.70 bits per heavy atom. The van der Waals surface area contributed by atoms with E-state index < -0.39 is 0 Å². The Hall–Kier alpha value is -4.99. The lowest BCUT2D eigenvalue weighted by molar-refractivity contribution is -0.00869. The maximum absolute atomic E-state index is 13.8. The molecule has 3 aromatic heterocycles. The number of hydrogen-bond acceptors (Lipinski definition) is 7. The van der Waals surface area contributed by atoms with Crippen molar-refractivity contribution in [2.75, 3.05) is 25.0 Å². The number of anilines is 1. The fourth-order valence-corrected chi connectivity index (χ4v) is 5.80. The van der Waals surface area contributed by atoms with Crippen molar-refractivity contribution in [2.24, 2.45) is 0 Å². The normalized spacial score (nSPS) is 18.6. The number of pyridine rings is 2. The molecule has 0 aliphatic carbocycles. The predicted molar refractivity (Wildman–Crippen MR) is 153 cm³/mol. The fraction of sp³-hybridized carbons (Fsp3) is 0.226. The fourth-order valence-electron chi connectivity index (χ4n) is 5.80. The Balaban J connectivity index is 1.23. The zero-order valence-electron chi connectivity index (χ0n) is 22.0. The molecular formula is C31H27FN8. The van der Waals surface area contributed by atoms with Crippen LogP contribution in [-0.4, -0.2) is 57.9 Å². The predicted octanol–water partition coefficient (Wildman–Crippen LogP) is 4.06. The number of nitrogens with one attached hydrogen (secondary N) is 2. The van der Waals surface area contributed by atoms with Gasteiger partial charge in [-0.15, -0.1) is 6.42 Å². The number of halogens is 1. The van der Waals surface area contributed by atoms with E-state index in [4.69, 9.17) is 16.8 Å². The summed E-state index contributed by atoms with van der Waals surface area (Å²) in [6, 6.07) is 14.1. The van der Waals surface area contributed by atoms with Crippen LogP contribution in [0.3, 0.4) is 0 Å². The summed E-state index contributed by atoms with van der Waals surface area (Å²) < 4.78 is 15.5. The first-order chi connectivity index (χ1) is 19.5. The molecule has 3 fully saturated rings.